The van der Waals surface area contributed by atoms with Crippen molar-refractivity contribution in [3.05, 3.63) is 70.2 Å². The Labute approximate surface area is 169 Å². The standard InChI is InChI=1S/C21H24ClN3O3/c22-18-8-6-16(7-9-18)20(26)23-10-12-25-11-2-5-19(25)17-4-1-3-15(13-17)14-24-21(27)28/h1,3-4,6-9,13,19,24H,2,5,10-12,14H2,(H,23,26)(H,27,28). The summed E-state index contributed by atoms with van der Waals surface area (Å²) in [6, 6.07) is 15.2. The van der Waals surface area contributed by atoms with Gasteiger partial charge in [-0.25, -0.2) is 4.79 Å². The minimum Gasteiger partial charge on any atom is -0.465 e. The molecule has 2 amide bonds. The van der Waals surface area contributed by atoms with Gasteiger partial charge in [0.2, 0.25) is 0 Å². The van der Waals surface area contributed by atoms with Crippen molar-refractivity contribution in [2.75, 3.05) is 19.6 Å². The Morgan fingerprint density at radius 3 is 2.68 bits per heavy atom. The van der Waals surface area contributed by atoms with E-state index in [0.29, 0.717) is 23.7 Å². The molecule has 1 atom stereocenters. The van der Waals surface area contributed by atoms with Crippen molar-refractivity contribution in [1.29, 1.82) is 0 Å². The summed E-state index contributed by atoms with van der Waals surface area (Å²) in [6.07, 6.45) is 1.14. The topological polar surface area (TPSA) is 81.7 Å². The molecule has 28 heavy (non-hydrogen) atoms. The first-order chi connectivity index (χ1) is 13.5. The molecule has 3 rings (SSSR count). The number of hydrogen-bond acceptors (Lipinski definition) is 3. The Bertz CT molecular complexity index is 826. The van der Waals surface area contributed by atoms with Gasteiger partial charge >= 0.3 is 6.09 Å². The van der Waals surface area contributed by atoms with E-state index >= 15 is 0 Å². The van der Waals surface area contributed by atoms with Gasteiger partial charge in [0.05, 0.1) is 0 Å². The molecule has 3 N–H and O–H groups in total. The molecule has 0 saturated carbocycles. The number of carbonyl (C=O) groups is 2. The quantitative estimate of drug-likeness (QED) is 0.661. The molecule has 0 aromatic heterocycles. The van der Waals surface area contributed by atoms with Crippen molar-refractivity contribution in [3.63, 3.8) is 0 Å². The number of carboxylic acid groups (broad SMARTS) is 1. The van der Waals surface area contributed by atoms with E-state index < -0.39 is 6.09 Å². The fraction of sp³-hybridized carbons (Fsp3) is 0.333. The molecule has 0 aliphatic carbocycles. The van der Waals surface area contributed by atoms with E-state index in [9.17, 15) is 9.59 Å². The van der Waals surface area contributed by atoms with Gasteiger partial charge in [-0.15, -0.1) is 0 Å². The van der Waals surface area contributed by atoms with Crippen molar-refractivity contribution in [1.82, 2.24) is 15.5 Å². The van der Waals surface area contributed by atoms with Gasteiger partial charge in [-0.3, -0.25) is 9.69 Å². The maximum atomic E-state index is 12.2. The lowest BCUT2D eigenvalue weighted by Crippen LogP contribution is -2.34. The highest BCUT2D eigenvalue weighted by Crippen LogP contribution is 2.31. The Morgan fingerprint density at radius 2 is 1.93 bits per heavy atom. The lowest BCUT2D eigenvalue weighted by Gasteiger charge is -2.25. The van der Waals surface area contributed by atoms with Crippen LogP contribution in [0.5, 0.6) is 0 Å². The molecule has 7 heteroatoms. The summed E-state index contributed by atoms with van der Waals surface area (Å²) in [4.78, 5) is 25.3. The molecule has 2 aromatic carbocycles. The van der Waals surface area contributed by atoms with Crippen LogP contribution in [-0.4, -0.2) is 41.6 Å². The number of nitrogens with zero attached hydrogens (tertiary/aromatic N) is 1. The number of hydrogen-bond donors (Lipinski definition) is 3. The second-order valence-corrected chi connectivity index (χ2v) is 7.30. The zero-order valence-electron chi connectivity index (χ0n) is 15.5. The Morgan fingerprint density at radius 1 is 1.14 bits per heavy atom. The van der Waals surface area contributed by atoms with Crippen LogP contribution < -0.4 is 10.6 Å². The lowest BCUT2D eigenvalue weighted by atomic mass is 10.0. The van der Waals surface area contributed by atoms with E-state index in [1.54, 1.807) is 24.3 Å². The zero-order valence-corrected chi connectivity index (χ0v) is 16.3. The first-order valence-corrected chi connectivity index (χ1v) is 9.74. The third-order valence-electron chi connectivity index (χ3n) is 4.93. The van der Waals surface area contributed by atoms with E-state index in [4.69, 9.17) is 16.7 Å². The molecule has 6 nitrogen and oxygen atoms in total. The fourth-order valence-corrected chi connectivity index (χ4v) is 3.70. The molecule has 0 radical (unpaired) electrons. The number of likely N-dealkylation sites (tertiary alicyclic amines) is 1. The predicted octanol–water partition coefficient (Wildman–Crippen LogP) is 3.67. The van der Waals surface area contributed by atoms with Gasteiger partial charge in [-0.05, 0) is 54.8 Å². The van der Waals surface area contributed by atoms with E-state index in [1.165, 1.54) is 5.56 Å². The highest BCUT2D eigenvalue weighted by Gasteiger charge is 2.25. The molecule has 1 fully saturated rings. The molecule has 0 spiro atoms. The molecular weight excluding hydrogens is 378 g/mol. The zero-order chi connectivity index (χ0) is 19.9. The first-order valence-electron chi connectivity index (χ1n) is 9.36. The average Bonchev–Trinajstić information content (AvgIpc) is 3.15. The minimum absolute atomic E-state index is 0.103. The van der Waals surface area contributed by atoms with E-state index in [-0.39, 0.29) is 11.9 Å². The Hall–Kier alpha value is -2.57. The van der Waals surface area contributed by atoms with Gasteiger partial charge in [-0.1, -0.05) is 35.9 Å². The van der Waals surface area contributed by atoms with Crippen molar-refractivity contribution >= 4 is 23.6 Å². The van der Waals surface area contributed by atoms with Gasteiger partial charge < -0.3 is 15.7 Å². The molecule has 1 unspecified atom stereocenters. The Kier molecular flexibility index (Phi) is 6.90. The molecule has 1 aliphatic rings. The van der Waals surface area contributed by atoms with Crippen LogP contribution in [0.15, 0.2) is 48.5 Å². The SMILES string of the molecule is O=C(O)NCc1cccc(C2CCCN2CCNC(=O)c2ccc(Cl)cc2)c1. The molecule has 1 saturated heterocycles. The molecule has 0 bridgehead atoms. The normalized spacial score (nSPS) is 16.7. The first kappa shape index (κ1) is 20.2. The summed E-state index contributed by atoms with van der Waals surface area (Å²) >= 11 is 5.86. The number of amides is 2. The number of rotatable bonds is 7. The van der Waals surface area contributed by atoms with E-state index in [2.05, 4.69) is 27.7 Å². The smallest absolute Gasteiger partial charge is 0.404 e. The van der Waals surface area contributed by atoms with Crippen LogP contribution in [-0.2, 0) is 6.54 Å². The van der Waals surface area contributed by atoms with Gasteiger partial charge in [-0.2, -0.15) is 0 Å². The Balaban J connectivity index is 1.54. The molecule has 1 heterocycles. The summed E-state index contributed by atoms with van der Waals surface area (Å²) in [5, 5.41) is 14.8. The second-order valence-electron chi connectivity index (χ2n) is 6.86. The number of halogens is 1. The second kappa shape index (κ2) is 9.57. The highest BCUT2D eigenvalue weighted by atomic mass is 35.5. The fourth-order valence-electron chi connectivity index (χ4n) is 3.58. The predicted molar refractivity (Wildman–Crippen MR) is 109 cm³/mol. The third-order valence-corrected chi connectivity index (χ3v) is 5.19. The minimum atomic E-state index is -1.02. The monoisotopic (exact) mass is 401 g/mol. The number of nitrogens with one attached hydrogen (secondary N) is 2. The van der Waals surface area contributed by atoms with Crippen molar-refractivity contribution in [3.8, 4) is 0 Å². The highest BCUT2D eigenvalue weighted by molar-refractivity contribution is 6.30. The molecule has 2 aromatic rings. The van der Waals surface area contributed by atoms with Gasteiger partial charge in [0.15, 0.2) is 0 Å². The maximum Gasteiger partial charge on any atom is 0.404 e. The van der Waals surface area contributed by atoms with Crippen molar-refractivity contribution in [2.45, 2.75) is 25.4 Å². The van der Waals surface area contributed by atoms with E-state index in [0.717, 1.165) is 31.5 Å². The van der Waals surface area contributed by atoms with Crippen LogP contribution >= 0.6 is 11.6 Å². The van der Waals surface area contributed by atoms with Crippen LogP contribution in [0.1, 0.15) is 40.4 Å². The van der Waals surface area contributed by atoms with Gasteiger partial charge in [0.1, 0.15) is 0 Å². The summed E-state index contributed by atoms with van der Waals surface area (Å²) in [7, 11) is 0. The average molecular weight is 402 g/mol. The van der Waals surface area contributed by atoms with Crippen LogP contribution in [0, 0.1) is 0 Å². The van der Waals surface area contributed by atoms with Crippen molar-refractivity contribution in [2.24, 2.45) is 0 Å². The van der Waals surface area contributed by atoms with E-state index in [1.807, 2.05) is 12.1 Å². The van der Waals surface area contributed by atoms with Crippen LogP contribution in [0.3, 0.4) is 0 Å². The van der Waals surface area contributed by atoms with Crippen LogP contribution in [0.4, 0.5) is 4.79 Å². The van der Waals surface area contributed by atoms with Crippen LogP contribution in [0.2, 0.25) is 5.02 Å². The maximum absolute atomic E-state index is 12.2. The number of benzene rings is 2. The summed E-state index contributed by atoms with van der Waals surface area (Å²) in [5.41, 5.74) is 2.73. The van der Waals surface area contributed by atoms with Gasteiger partial charge in [0.25, 0.3) is 5.91 Å². The number of carbonyl (C=O) groups excluding carboxylic acids is 1. The summed E-state index contributed by atoms with van der Waals surface area (Å²) < 4.78 is 0. The largest absolute Gasteiger partial charge is 0.465 e. The van der Waals surface area contributed by atoms with Crippen molar-refractivity contribution < 1.29 is 14.7 Å². The summed E-state index contributed by atoms with van der Waals surface area (Å²) in [6.45, 7) is 2.62. The molecule has 1 aliphatic heterocycles. The van der Waals surface area contributed by atoms with Gasteiger partial charge in [0, 0.05) is 36.3 Å². The molecular formula is C21H24ClN3O3. The molecule has 148 valence electrons. The summed E-state index contributed by atoms with van der Waals surface area (Å²) in [5.74, 6) is -0.103. The van der Waals surface area contributed by atoms with Crippen LogP contribution in [0.25, 0.3) is 0 Å². The third kappa shape index (κ3) is 5.47. The lowest BCUT2D eigenvalue weighted by molar-refractivity contribution is 0.0947.